The van der Waals surface area contributed by atoms with Crippen molar-refractivity contribution in [1.82, 2.24) is 8.61 Å². The van der Waals surface area contributed by atoms with Crippen LogP contribution in [0.1, 0.15) is 24.5 Å². The molecule has 0 aliphatic carbocycles. The largest absolute Gasteiger partial charge is 0.243 e. The molecule has 2 aromatic carbocycles. The van der Waals surface area contributed by atoms with Crippen molar-refractivity contribution in [3.63, 3.8) is 0 Å². The number of piperazine rings is 1. The van der Waals surface area contributed by atoms with Crippen LogP contribution in [-0.2, 0) is 26.5 Å². The zero-order valence-electron chi connectivity index (χ0n) is 16.2. The Labute approximate surface area is 167 Å². The van der Waals surface area contributed by atoms with Crippen molar-refractivity contribution < 1.29 is 16.8 Å². The van der Waals surface area contributed by atoms with Crippen LogP contribution < -0.4 is 0 Å². The zero-order valence-corrected chi connectivity index (χ0v) is 17.8. The van der Waals surface area contributed by atoms with E-state index in [9.17, 15) is 16.8 Å². The molecule has 8 heteroatoms. The van der Waals surface area contributed by atoms with Crippen molar-refractivity contribution in [3.8, 4) is 0 Å². The molecule has 0 N–H and O–H groups in total. The van der Waals surface area contributed by atoms with Crippen molar-refractivity contribution in [2.75, 3.05) is 26.2 Å². The molecular weight excluding hydrogens is 396 g/mol. The Balaban J connectivity index is 1.71. The maximum atomic E-state index is 12.9. The number of benzene rings is 2. The number of hydrogen-bond acceptors (Lipinski definition) is 4. The van der Waals surface area contributed by atoms with Gasteiger partial charge in [0, 0.05) is 26.2 Å². The molecule has 1 fully saturated rings. The third-order valence-corrected chi connectivity index (χ3v) is 8.78. The van der Waals surface area contributed by atoms with Crippen LogP contribution in [0.25, 0.3) is 0 Å². The van der Waals surface area contributed by atoms with Gasteiger partial charge in [0.2, 0.25) is 20.0 Å². The maximum absolute atomic E-state index is 12.9. The topological polar surface area (TPSA) is 74.8 Å². The molecule has 1 aliphatic rings. The van der Waals surface area contributed by atoms with E-state index >= 15 is 0 Å². The Kier molecular flexibility index (Phi) is 6.24. The van der Waals surface area contributed by atoms with Gasteiger partial charge in [-0.25, -0.2) is 16.8 Å². The van der Waals surface area contributed by atoms with Gasteiger partial charge in [-0.1, -0.05) is 43.2 Å². The lowest BCUT2D eigenvalue weighted by molar-refractivity contribution is 0.273. The van der Waals surface area contributed by atoms with Crippen LogP contribution in [0.3, 0.4) is 0 Å². The lowest BCUT2D eigenvalue weighted by Gasteiger charge is -2.33. The minimum Gasteiger partial charge on any atom is -0.207 e. The Morgan fingerprint density at radius 2 is 1.11 bits per heavy atom. The first kappa shape index (κ1) is 21.0. The van der Waals surface area contributed by atoms with Crippen LogP contribution in [0.4, 0.5) is 0 Å². The Hall–Kier alpha value is -1.74. The monoisotopic (exact) mass is 422 g/mol. The fourth-order valence-electron chi connectivity index (χ4n) is 3.28. The second-order valence-corrected chi connectivity index (χ2v) is 10.9. The molecule has 1 heterocycles. The van der Waals surface area contributed by atoms with E-state index in [0.29, 0.717) is 0 Å². The second-order valence-electron chi connectivity index (χ2n) is 7.02. The van der Waals surface area contributed by atoms with E-state index < -0.39 is 20.0 Å². The van der Waals surface area contributed by atoms with E-state index in [0.717, 1.165) is 24.0 Å². The van der Waals surface area contributed by atoms with E-state index in [1.54, 1.807) is 36.4 Å². The molecule has 28 heavy (non-hydrogen) atoms. The van der Waals surface area contributed by atoms with Crippen molar-refractivity contribution in [2.24, 2.45) is 0 Å². The molecule has 0 bridgehead atoms. The number of nitrogens with zero attached hydrogens (tertiary/aromatic N) is 2. The summed E-state index contributed by atoms with van der Waals surface area (Å²) in [6, 6.07) is 13.7. The minimum atomic E-state index is -3.62. The summed E-state index contributed by atoms with van der Waals surface area (Å²) in [5, 5.41) is 0. The first-order chi connectivity index (χ1) is 13.2. The van der Waals surface area contributed by atoms with Gasteiger partial charge in [0.05, 0.1) is 9.79 Å². The van der Waals surface area contributed by atoms with Crippen LogP contribution in [0.2, 0.25) is 0 Å². The predicted molar refractivity (Wildman–Crippen MR) is 109 cm³/mol. The molecular formula is C20H26N2O4S2. The standard InChI is InChI=1S/C20H26N2O4S2/c1-3-4-18-7-11-20(12-8-18)28(25,26)22-15-13-21(14-16-22)27(23,24)19-9-5-17(2)6-10-19/h5-12H,3-4,13-16H2,1-2H3. The summed E-state index contributed by atoms with van der Waals surface area (Å²) in [7, 11) is -7.23. The fourth-order valence-corrected chi connectivity index (χ4v) is 6.12. The summed E-state index contributed by atoms with van der Waals surface area (Å²) < 4.78 is 54.0. The summed E-state index contributed by atoms with van der Waals surface area (Å²) in [6.07, 6.45) is 1.92. The zero-order chi connectivity index (χ0) is 20.4. The van der Waals surface area contributed by atoms with Crippen molar-refractivity contribution in [2.45, 2.75) is 36.5 Å². The summed E-state index contributed by atoms with van der Waals surface area (Å²) in [5.74, 6) is 0. The highest BCUT2D eigenvalue weighted by Gasteiger charge is 2.33. The van der Waals surface area contributed by atoms with E-state index in [-0.39, 0.29) is 36.0 Å². The van der Waals surface area contributed by atoms with Gasteiger partial charge in [0.15, 0.2) is 0 Å². The van der Waals surface area contributed by atoms with Gasteiger partial charge in [-0.3, -0.25) is 0 Å². The van der Waals surface area contributed by atoms with Crippen LogP contribution in [0.15, 0.2) is 58.3 Å². The van der Waals surface area contributed by atoms with Crippen LogP contribution in [-0.4, -0.2) is 51.6 Å². The van der Waals surface area contributed by atoms with Gasteiger partial charge >= 0.3 is 0 Å². The van der Waals surface area contributed by atoms with Gasteiger partial charge < -0.3 is 0 Å². The number of sulfonamides is 2. The normalized spacial score (nSPS) is 16.9. The SMILES string of the molecule is CCCc1ccc(S(=O)(=O)N2CCN(S(=O)(=O)c3ccc(C)cc3)CC2)cc1. The third-order valence-electron chi connectivity index (χ3n) is 4.96. The van der Waals surface area contributed by atoms with Gasteiger partial charge in [-0.15, -0.1) is 0 Å². The maximum Gasteiger partial charge on any atom is 0.243 e. The average Bonchev–Trinajstić information content (AvgIpc) is 2.69. The highest BCUT2D eigenvalue weighted by Crippen LogP contribution is 2.22. The van der Waals surface area contributed by atoms with Crippen LogP contribution in [0, 0.1) is 6.92 Å². The third kappa shape index (κ3) is 4.30. The molecule has 0 aromatic heterocycles. The number of aryl methyl sites for hydroxylation is 2. The first-order valence-corrected chi connectivity index (χ1v) is 12.3. The quantitative estimate of drug-likeness (QED) is 0.717. The van der Waals surface area contributed by atoms with Crippen LogP contribution >= 0.6 is 0 Å². The Morgan fingerprint density at radius 1 is 0.714 bits per heavy atom. The minimum absolute atomic E-state index is 0.142. The summed E-state index contributed by atoms with van der Waals surface area (Å²) in [6.45, 7) is 4.55. The van der Waals surface area contributed by atoms with Crippen molar-refractivity contribution >= 4 is 20.0 Å². The highest BCUT2D eigenvalue weighted by molar-refractivity contribution is 7.89. The van der Waals surface area contributed by atoms with Crippen molar-refractivity contribution in [3.05, 3.63) is 59.7 Å². The Morgan fingerprint density at radius 3 is 1.50 bits per heavy atom. The van der Waals surface area contributed by atoms with Gasteiger partial charge in [-0.05, 0) is 43.2 Å². The van der Waals surface area contributed by atoms with Gasteiger partial charge in [0.25, 0.3) is 0 Å². The molecule has 1 saturated heterocycles. The number of rotatable bonds is 6. The van der Waals surface area contributed by atoms with Gasteiger partial charge in [0.1, 0.15) is 0 Å². The molecule has 0 amide bonds. The molecule has 0 radical (unpaired) electrons. The molecule has 6 nitrogen and oxygen atoms in total. The molecule has 3 rings (SSSR count). The van der Waals surface area contributed by atoms with Gasteiger partial charge in [-0.2, -0.15) is 8.61 Å². The average molecular weight is 423 g/mol. The fraction of sp³-hybridized carbons (Fsp3) is 0.400. The molecule has 0 spiro atoms. The predicted octanol–water partition coefficient (Wildman–Crippen LogP) is 2.64. The molecule has 0 saturated carbocycles. The molecule has 2 aromatic rings. The molecule has 152 valence electrons. The van der Waals surface area contributed by atoms with Crippen molar-refractivity contribution in [1.29, 1.82) is 0 Å². The molecule has 1 aliphatic heterocycles. The van der Waals surface area contributed by atoms with E-state index in [4.69, 9.17) is 0 Å². The summed E-state index contributed by atoms with van der Waals surface area (Å²) >= 11 is 0. The lowest BCUT2D eigenvalue weighted by atomic mass is 10.1. The van der Waals surface area contributed by atoms with E-state index in [1.165, 1.54) is 8.61 Å². The van der Waals surface area contributed by atoms with E-state index in [1.807, 2.05) is 19.1 Å². The second kappa shape index (κ2) is 8.32. The molecule has 0 atom stereocenters. The first-order valence-electron chi connectivity index (χ1n) is 9.41. The summed E-state index contributed by atoms with van der Waals surface area (Å²) in [5.41, 5.74) is 2.09. The van der Waals surface area contributed by atoms with E-state index in [2.05, 4.69) is 6.92 Å². The van der Waals surface area contributed by atoms with Crippen LogP contribution in [0.5, 0.6) is 0 Å². The Bertz CT molecular complexity index is 1010. The number of hydrogen-bond donors (Lipinski definition) is 0. The summed E-state index contributed by atoms with van der Waals surface area (Å²) in [4.78, 5) is 0.489. The smallest absolute Gasteiger partial charge is 0.207 e. The molecule has 0 unspecified atom stereocenters. The lowest BCUT2D eigenvalue weighted by Crippen LogP contribution is -2.50. The highest BCUT2D eigenvalue weighted by atomic mass is 32.2.